The molecule has 0 spiro atoms. The molecular formula is C20H32O3S. The highest BCUT2D eigenvalue weighted by Crippen LogP contribution is 2.29. The van der Waals surface area contributed by atoms with Gasteiger partial charge in [-0.25, -0.2) is 0 Å². The van der Waals surface area contributed by atoms with Gasteiger partial charge in [-0.2, -0.15) is 8.42 Å². The van der Waals surface area contributed by atoms with Crippen LogP contribution in [0.5, 0.6) is 0 Å². The van der Waals surface area contributed by atoms with Crippen LogP contribution in [0, 0.1) is 12.8 Å². The standard InChI is InChI=1S/C20H32O3S/c1-18-13-15-20(16-14-18)24(21,22)23-17-9-5-3-2-4-6-10-19-11-7-8-12-19/h13-16,19H,2-12,17H2,1H3. The highest BCUT2D eigenvalue weighted by atomic mass is 32.2. The minimum atomic E-state index is -3.59. The first-order valence-electron chi connectivity index (χ1n) is 9.54. The van der Waals surface area contributed by atoms with E-state index < -0.39 is 10.1 Å². The Morgan fingerprint density at radius 3 is 2.17 bits per heavy atom. The molecule has 1 aliphatic carbocycles. The SMILES string of the molecule is Cc1ccc(S(=O)(=O)OCCCCCCCCC2CCCC2)cc1. The molecule has 0 bridgehead atoms. The average molecular weight is 353 g/mol. The molecule has 0 aliphatic heterocycles. The van der Waals surface area contributed by atoms with Gasteiger partial charge in [0.25, 0.3) is 10.1 Å². The summed E-state index contributed by atoms with van der Waals surface area (Å²) in [5.74, 6) is 1.00. The predicted octanol–water partition coefficient (Wildman–Crippen LogP) is 5.62. The van der Waals surface area contributed by atoms with E-state index in [2.05, 4.69) is 0 Å². The third-order valence-electron chi connectivity index (χ3n) is 5.03. The van der Waals surface area contributed by atoms with Crippen molar-refractivity contribution in [2.45, 2.75) is 82.4 Å². The van der Waals surface area contributed by atoms with Gasteiger partial charge in [-0.05, 0) is 31.4 Å². The van der Waals surface area contributed by atoms with Crippen LogP contribution in [0.1, 0.15) is 76.2 Å². The fraction of sp³-hybridized carbons (Fsp3) is 0.700. The Bertz CT molecular complexity index is 557. The third-order valence-corrected chi connectivity index (χ3v) is 6.36. The van der Waals surface area contributed by atoms with Gasteiger partial charge >= 0.3 is 0 Å². The largest absolute Gasteiger partial charge is 0.296 e. The third kappa shape index (κ3) is 6.94. The molecule has 3 nitrogen and oxygen atoms in total. The zero-order chi connectivity index (χ0) is 17.3. The molecule has 0 amide bonds. The molecule has 24 heavy (non-hydrogen) atoms. The van der Waals surface area contributed by atoms with Crippen molar-refractivity contribution in [3.05, 3.63) is 29.8 Å². The molecule has 4 heteroatoms. The van der Waals surface area contributed by atoms with Gasteiger partial charge in [-0.15, -0.1) is 0 Å². The molecular weight excluding hydrogens is 320 g/mol. The normalized spacial score (nSPS) is 15.9. The molecule has 0 aromatic heterocycles. The second-order valence-electron chi connectivity index (χ2n) is 7.15. The summed E-state index contributed by atoms with van der Waals surface area (Å²) in [6, 6.07) is 6.80. The molecule has 0 N–H and O–H groups in total. The van der Waals surface area contributed by atoms with Crippen LogP contribution in [-0.2, 0) is 14.3 Å². The maximum Gasteiger partial charge on any atom is 0.296 e. The lowest BCUT2D eigenvalue weighted by Crippen LogP contribution is -2.07. The van der Waals surface area contributed by atoms with E-state index in [9.17, 15) is 8.42 Å². The lowest BCUT2D eigenvalue weighted by Gasteiger charge is -2.08. The topological polar surface area (TPSA) is 43.4 Å². The lowest BCUT2D eigenvalue weighted by atomic mass is 9.99. The summed E-state index contributed by atoms with van der Waals surface area (Å²) < 4.78 is 29.2. The summed E-state index contributed by atoms with van der Waals surface area (Å²) in [5.41, 5.74) is 1.04. The van der Waals surface area contributed by atoms with Gasteiger partial charge in [-0.3, -0.25) is 4.18 Å². The van der Waals surface area contributed by atoms with Crippen molar-refractivity contribution in [2.24, 2.45) is 5.92 Å². The van der Waals surface area contributed by atoms with Gasteiger partial charge in [0.05, 0.1) is 11.5 Å². The Balaban J connectivity index is 1.49. The minimum absolute atomic E-state index is 0.250. The molecule has 1 aromatic rings. The van der Waals surface area contributed by atoms with Gasteiger partial charge in [0.2, 0.25) is 0 Å². The number of benzene rings is 1. The Labute approximate surface area is 147 Å². The molecule has 2 rings (SSSR count). The number of rotatable bonds is 11. The van der Waals surface area contributed by atoms with Crippen LogP contribution < -0.4 is 0 Å². The van der Waals surface area contributed by atoms with E-state index >= 15 is 0 Å². The Morgan fingerprint density at radius 1 is 0.917 bits per heavy atom. The van der Waals surface area contributed by atoms with E-state index in [0.29, 0.717) is 0 Å². The number of hydrogen-bond donors (Lipinski definition) is 0. The van der Waals surface area contributed by atoms with Gasteiger partial charge in [0.15, 0.2) is 0 Å². The summed E-state index contributed by atoms with van der Waals surface area (Å²) in [6.45, 7) is 2.23. The second-order valence-corrected chi connectivity index (χ2v) is 8.76. The van der Waals surface area contributed by atoms with Crippen molar-refractivity contribution in [3.63, 3.8) is 0 Å². The molecule has 0 saturated heterocycles. The van der Waals surface area contributed by atoms with Crippen LogP contribution in [0.25, 0.3) is 0 Å². The van der Waals surface area contributed by atoms with E-state index in [4.69, 9.17) is 4.18 Å². The first kappa shape index (κ1) is 19.5. The van der Waals surface area contributed by atoms with E-state index in [0.717, 1.165) is 24.3 Å². The molecule has 1 aliphatic rings. The Hall–Kier alpha value is -0.870. The van der Waals surface area contributed by atoms with Crippen molar-refractivity contribution in [1.82, 2.24) is 0 Å². The van der Waals surface area contributed by atoms with Crippen LogP contribution in [0.15, 0.2) is 29.2 Å². The summed E-state index contributed by atoms with van der Waals surface area (Å²) in [7, 11) is -3.59. The van der Waals surface area contributed by atoms with Crippen molar-refractivity contribution in [2.75, 3.05) is 6.61 Å². The van der Waals surface area contributed by atoms with E-state index in [-0.39, 0.29) is 11.5 Å². The van der Waals surface area contributed by atoms with Crippen molar-refractivity contribution < 1.29 is 12.6 Å². The zero-order valence-corrected chi connectivity index (χ0v) is 15.8. The number of hydrogen-bond acceptors (Lipinski definition) is 3. The fourth-order valence-electron chi connectivity index (χ4n) is 3.48. The maximum absolute atomic E-state index is 12.0. The number of aryl methyl sites for hydroxylation is 1. The van der Waals surface area contributed by atoms with Gasteiger partial charge in [0, 0.05) is 0 Å². The predicted molar refractivity (Wildman–Crippen MR) is 98.6 cm³/mol. The molecule has 0 unspecified atom stereocenters. The molecule has 1 saturated carbocycles. The highest BCUT2D eigenvalue weighted by molar-refractivity contribution is 7.86. The van der Waals surface area contributed by atoms with E-state index in [1.54, 1.807) is 24.3 Å². The van der Waals surface area contributed by atoms with Crippen LogP contribution in [-0.4, -0.2) is 15.0 Å². The lowest BCUT2D eigenvalue weighted by molar-refractivity contribution is 0.306. The molecule has 1 aromatic carbocycles. The van der Waals surface area contributed by atoms with Crippen molar-refractivity contribution in [1.29, 1.82) is 0 Å². The highest BCUT2D eigenvalue weighted by Gasteiger charge is 2.15. The first-order valence-corrected chi connectivity index (χ1v) is 10.9. The summed E-state index contributed by atoms with van der Waals surface area (Å²) in [4.78, 5) is 0.250. The van der Waals surface area contributed by atoms with Crippen LogP contribution in [0.4, 0.5) is 0 Å². The quantitative estimate of drug-likeness (QED) is 0.383. The molecule has 0 atom stereocenters. The summed E-state index contributed by atoms with van der Waals surface area (Å²) >= 11 is 0. The summed E-state index contributed by atoms with van der Waals surface area (Å²) in [5, 5.41) is 0. The zero-order valence-electron chi connectivity index (χ0n) is 15.0. The van der Waals surface area contributed by atoms with Crippen LogP contribution in [0.2, 0.25) is 0 Å². The first-order chi connectivity index (χ1) is 11.6. The van der Waals surface area contributed by atoms with E-state index in [1.165, 1.54) is 57.8 Å². The summed E-state index contributed by atoms with van der Waals surface area (Å²) in [6.07, 6.45) is 14.2. The van der Waals surface area contributed by atoms with Gasteiger partial charge < -0.3 is 0 Å². The van der Waals surface area contributed by atoms with Crippen molar-refractivity contribution in [3.8, 4) is 0 Å². The average Bonchev–Trinajstić information content (AvgIpc) is 3.07. The maximum atomic E-state index is 12.0. The monoisotopic (exact) mass is 352 g/mol. The Kier molecular flexibility index (Phi) is 8.26. The van der Waals surface area contributed by atoms with Crippen LogP contribution >= 0.6 is 0 Å². The molecule has 0 heterocycles. The van der Waals surface area contributed by atoms with Gasteiger partial charge in [0.1, 0.15) is 0 Å². The minimum Gasteiger partial charge on any atom is -0.266 e. The fourth-order valence-corrected chi connectivity index (χ4v) is 4.43. The van der Waals surface area contributed by atoms with Crippen LogP contribution in [0.3, 0.4) is 0 Å². The number of unbranched alkanes of at least 4 members (excludes halogenated alkanes) is 5. The molecule has 136 valence electrons. The smallest absolute Gasteiger partial charge is 0.266 e. The van der Waals surface area contributed by atoms with Crippen molar-refractivity contribution >= 4 is 10.1 Å². The molecule has 0 radical (unpaired) electrons. The second kappa shape index (κ2) is 10.2. The van der Waals surface area contributed by atoms with E-state index in [1.807, 2.05) is 6.92 Å². The molecule has 1 fully saturated rings. The van der Waals surface area contributed by atoms with Gasteiger partial charge in [-0.1, -0.05) is 81.9 Å². The Morgan fingerprint density at radius 2 is 1.50 bits per heavy atom.